The zero-order chi connectivity index (χ0) is 13.3. The van der Waals surface area contributed by atoms with Gasteiger partial charge in [0, 0.05) is 26.1 Å². The van der Waals surface area contributed by atoms with Crippen molar-refractivity contribution in [2.75, 3.05) is 39.5 Å². The van der Waals surface area contributed by atoms with Gasteiger partial charge in [0.25, 0.3) is 0 Å². The van der Waals surface area contributed by atoms with Crippen LogP contribution in [0.4, 0.5) is 0 Å². The first-order valence-electron chi connectivity index (χ1n) is 6.67. The minimum Gasteiger partial charge on any atom is -0.494 e. The second-order valence-electron chi connectivity index (χ2n) is 4.35. The van der Waals surface area contributed by atoms with Crippen LogP contribution >= 0.6 is 0 Å². The average Bonchev–Trinajstić information content (AvgIpc) is 2.49. The first-order chi connectivity index (χ1) is 9.36. The lowest BCUT2D eigenvalue weighted by Crippen LogP contribution is -2.44. The van der Waals surface area contributed by atoms with E-state index in [2.05, 4.69) is 9.89 Å². The molecule has 5 heteroatoms. The standard InChI is InChI=1S/C14H21N3O2/c15-14(17-8-11-18-12-9-17)16-7-4-10-19-13-5-2-1-3-6-13/h1-3,5-6H,4,7-12H2,(H2,15,16). The fourth-order valence-electron chi connectivity index (χ4n) is 1.86. The molecular weight excluding hydrogens is 242 g/mol. The SMILES string of the molecule is NC(=NCCCOc1ccccc1)N1CCOCC1. The van der Waals surface area contributed by atoms with Gasteiger partial charge in [-0.15, -0.1) is 0 Å². The van der Waals surface area contributed by atoms with Crippen LogP contribution in [0.1, 0.15) is 6.42 Å². The summed E-state index contributed by atoms with van der Waals surface area (Å²) in [5, 5.41) is 0. The molecule has 2 N–H and O–H groups in total. The van der Waals surface area contributed by atoms with Crippen molar-refractivity contribution in [2.45, 2.75) is 6.42 Å². The topological polar surface area (TPSA) is 60.1 Å². The van der Waals surface area contributed by atoms with Crippen molar-refractivity contribution in [3.8, 4) is 5.75 Å². The van der Waals surface area contributed by atoms with Gasteiger partial charge >= 0.3 is 0 Å². The van der Waals surface area contributed by atoms with Crippen molar-refractivity contribution in [3.05, 3.63) is 30.3 Å². The van der Waals surface area contributed by atoms with Gasteiger partial charge in [-0.1, -0.05) is 18.2 Å². The van der Waals surface area contributed by atoms with Crippen LogP contribution in [0.15, 0.2) is 35.3 Å². The maximum Gasteiger partial charge on any atom is 0.191 e. The molecule has 0 saturated carbocycles. The number of hydrogen-bond donors (Lipinski definition) is 1. The molecule has 1 aliphatic heterocycles. The largest absolute Gasteiger partial charge is 0.494 e. The number of morpholine rings is 1. The van der Waals surface area contributed by atoms with Crippen LogP contribution in [0, 0.1) is 0 Å². The normalized spacial score (nSPS) is 16.4. The maximum absolute atomic E-state index is 5.92. The monoisotopic (exact) mass is 263 g/mol. The fourth-order valence-corrected chi connectivity index (χ4v) is 1.86. The van der Waals surface area contributed by atoms with Crippen molar-refractivity contribution in [1.29, 1.82) is 0 Å². The van der Waals surface area contributed by atoms with Crippen LogP contribution in [0.3, 0.4) is 0 Å². The molecule has 1 aromatic carbocycles. The number of benzene rings is 1. The molecule has 5 nitrogen and oxygen atoms in total. The molecule has 19 heavy (non-hydrogen) atoms. The molecule has 1 heterocycles. The van der Waals surface area contributed by atoms with Gasteiger partial charge < -0.3 is 20.1 Å². The zero-order valence-electron chi connectivity index (χ0n) is 11.1. The van der Waals surface area contributed by atoms with Crippen LogP contribution in [-0.4, -0.2) is 50.3 Å². The van der Waals surface area contributed by atoms with Crippen LogP contribution in [0.25, 0.3) is 0 Å². The number of aliphatic imine (C=N–C) groups is 1. The van der Waals surface area contributed by atoms with E-state index in [1.807, 2.05) is 30.3 Å². The Kier molecular flexibility index (Phi) is 5.49. The number of ether oxygens (including phenoxy) is 2. The summed E-state index contributed by atoms with van der Waals surface area (Å²) >= 11 is 0. The molecule has 0 aromatic heterocycles. The number of hydrogen-bond acceptors (Lipinski definition) is 3. The summed E-state index contributed by atoms with van der Waals surface area (Å²) in [5.74, 6) is 1.51. The Labute approximate surface area is 114 Å². The van der Waals surface area contributed by atoms with E-state index in [1.54, 1.807) is 0 Å². The summed E-state index contributed by atoms with van der Waals surface area (Å²) in [7, 11) is 0. The number of nitrogens with zero attached hydrogens (tertiary/aromatic N) is 2. The average molecular weight is 263 g/mol. The van der Waals surface area contributed by atoms with Crippen molar-refractivity contribution in [3.63, 3.8) is 0 Å². The highest BCUT2D eigenvalue weighted by Gasteiger charge is 2.11. The highest BCUT2D eigenvalue weighted by Crippen LogP contribution is 2.08. The van der Waals surface area contributed by atoms with E-state index >= 15 is 0 Å². The summed E-state index contributed by atoms with van der Waals surface area (Å²) in [6.07, 6.45) is 0.861. The number of nitrogens with two attached hydrogens (primary N) is 1. The molecule has 0 atom stereocenters. The lowest BCUT2D eigenvalue weighted by molar-refractivity contribution is 0.0674. The molecule has 0 bridgehead atoms. The first kappa shape index (κ1) is 13.7. The van der Waals surface area contributed by atoms with Gasteiger partial charge in [-0.25, -0.2) is 0 Å². The summed E-state index contributed by atoms with van der Waals surface area (Å²) in [6.45, 7) is 4.46. The zero-order valence-corrected chi connectivity index (χ0v) is 11.1. The van der Waals surface area contributed by atoms with Crippen LogP contribution in [0.5, 0.6) is 5.75 Å². The van der Waals surface area contributed by atoms with E-state index in [1.165, 1.54) is 0 Å². The highest BCUT2D eigenvalue weighted by atomic mass is 16.5. The lowest BCUT2D eigenvalue weighted by atomic mass is 10.3. The quantitative estimate of drug-likeness (QED) is 0.491. The molecule has 0 aliphatic carbocycles. The summed E-state index contributed by atoms with van der Waals surface area (Å²) in [4.78, 5) is 6.42. The third-order valence-corrected chi connectivity index (χ3v) is 2.92. The van der Waals surface area contributed by atoms with Gasteiger partial charge in [-0.05, 0) is 12.1 Å². The van der Waals surface area contributed by atoms with E-state index in [4.69, 9.17) is 15.2 Å². The summed E-state index contributed by atoms with van der Waals surface area (Å²) in [6, 6.07) is 9.80. The van der Waals surface area contributed by atoms with Gasteiger partial charge in [-0.3, -0.25) is 4.99 Å². The minimum absolute atomic E-state index is 0.614. The van der Waals surface area contributed by atoms with Crippen LogP contribution in [-0.2, 0) is 4.74 Å². The molecule has 2 rings (SSSR count). The Bertz CT molecular complexity index is 389. The van der Waals surface area contributed by atoms with Crippen molar-refractivity contribution in [2.24, 2.45) is 10.7 Å². The van der Waals surface area contributed by atoms with Crippen molar-refractivity contribution >= 4 is 5.96 Å². The predicted octanol–water partition coefficient (Wildman–Crippen LogP) is 1.10. The van der Waals surface area contributed by atoms with Gasteiger partial charge in [0.15, 0.2) is 5.96 Å². The first-order valence-corrected chi connectivity index (χ1v) is 6.67. The second-order valence-corrected chi connectivity index (χ2v) is 4.35. The van der Waals surface area contributed by atoms with E-state index in [-0.39, 0.29) is 0 Å². The second kappa shape index (κ2) is 7.63. The predicted molar refractivity (Wildman–Crippen MR) is 75.4 cm³/mol. The molecule has 104 valence electrons. The molecule has 0 spiro atoms. The molecule has 0 radical (unpaired) electrons. The lowest BCUT2D eigenvalue weighted by Gasteiger charge is -2.27. The van der Waals surface area contributed by atoms with Crippen molar-refractivity contribution < 1.29 is 9.47 Å². The maximum atomic E-state index is 5.92. The molecule has 0 unspecified atom stereocenters. The molecule has 1 aliphatic rings. The third kappa shape index (κ3) is 4.79. The Hall–Kier alpha value is -1.75. The number of guanidine groups is 1. The van der Waals surface area contributed by atoms with E-state index in [0.717, 1.165) is 38.5 Å². The van der Waals surface area contributed by atoms with E-state index in [0.29, 0.717) is 19.1 Å². The highest BCUT2D eigenvalue weighted by molar-refractivity contribution is 5.78. The summed E-state index contributed by atoms with van der Waals surface area (Å²) in [5.41, 5.74) is 5.92. The third-order valence-electron chi connectivity index (χ3n) is 2.92. The van der Waals surface area contributed by atoms with Gasteiger partial charge in [0.2, 0.25) is 0 Å². The van der Waals surface area contributed by atoms with Crippen LogP contribution < -0.4 is 10.5 Å². The number of rotatable bonds is 5. The van der Waals surface area contributed by atoms with E-state index in [9.17, 15) is 0 Å². The van der Waals surface area contributed by atoms with Crippen LogP contribution in [0.2, 0.25) is 0 Å². The molecule has 0 amide bonds. The number of para-hydroxylation sites is 1. The van der Waals surface area contributed by atoms with Gasteiger partial charge in [0.05, 0.1) is 19.8 Å². The summed E-state index contributed by atoms with van der Waals surface area (Å²) < 4.78 is 10.9. The fraction of sp³-hybridized carbons (Fsp3) is 0.500. The Morgan fingerprint density at radius 2 is 2.00 bits per heavy atom. The minimum atomic E-state index is 0.614. The van der Waals surface area contributed by atoms with Crippen molar-refractivity contribution in [1.82, 2.24) is 4.90 Å². The van der Waals surface area contributed by atoms with Gasteiger partial charge in [0.1, 0.15) is 5.75 Å². The Morgan fingerprint density at radius 1 is 1.26 bits per heavy atom. The smallest absolute Gasteiger partial charge is 0.191 e. The Morgan fingerprint density at radius 3 is 2.74 bits per heavy atom. The van der Waals surface area contributed by atoms with E-state index < -0.39 is 0 Å². The Balaban J connectivity index is 1.62. The molecule has 1 saturated heterocycles. The van der Waals surface area contributed by atoms with Gasteiger partial charge in [-0.2, -0.15) is 0 Å². The molecule has 1 fully saturated rings. The molecular formula is C14H21N3O2. The molecule has 1 aromatic rings.